The first-order valence-corrected chi connectivity index (χ1v) is 1.96. The molecule has 0 rings (SSSR count). The Morgan fingerprint density at radius 3 is 2.57 bits per heavy atom. The number of hydrogen-bond acceptors (Lipinski definition) is 2. The SMILES string of the molecule is C=CO/C=C(/C)N. The van der Waals surface area contributed by atoms with Crippen molar-refractivity contribution >= 4 is 0 Å². The van der Waals surface area contributed by atoms with Crippen LogP contribution in [0, 0.1) is 0 Å². The van der Waals surface area contributed by atoms with Crippen molar-refractivity contribution in [2.24, 2.45) is 5.73 Å². The Labute approximate surface area is 43.3 Å². The Morgan fingerprint density at radius 1 is 1.86 bits per heavy atom. The van der Waals surface area contributed by atoms with Crippen molar-refractivity contribution in [2.75, 3.05) is 0 Å². The van der Waals surface area contributed by atoms with E-state index in [-0.39, 0.29) is 0 Å². The molecule has 0 radical (unpaired) electrons. The van der Waals surface area contributed by atoms with Crippen LogP contribution in [-0.2, 0) is 4.74 Å². The van der Waals surface area contributed by atoms with E-state index in [4.69, 9.17) is 5.73 Å². The lowest BCUT2D eigenvalue weighted by atomic mass is 10.6. The van der Waals surface area contributed by atoms with Crippen molar-refractivity contribution in [3.63, 3.8) is 0 Å². The third-order valence-electron chi connectivity index (χ3n) is 0.350. The fourth-order valence-corrected chi connectivity index (χ4v) is 0.155. The molecule has 0 bridgehead atoms. The highest BCUT2D eigenvalue weighted by Gasteiger charge is 1.69. The first-order chi connectivity index (χ1) is 3.27. The molecule has 0 aromatic heterocycles. The van der Waals surface area contributed by atoms with E-state index in [1.54, 1.807) is 6.92 Å². The van der Waals surface area contributed by atoms with Gasteiger partial charge in [0, 0.05) is 5.70 Å². The second kappa shape index (κ2) is 3.28. The molecular formula is C5H9NO. The highest BCUT2D eigenvalue weighted by Crippen LogP contribution is 1.80. The topological polar surface area (TPSA) is 35.2 Å². The summed E-state index contributed by atoms with van der Waals surface area (Å²) in [6.45, 7) is 5.05. The second-order valence-corrected chi connectivity index (χ2v) is 1.16. The Hall–Kier alpha value is -0.920. The van der Waals surface area contributed by atoms with Gasteiger partial charge in [0.2, 0.25) is 0 Å². The van der Waals surface area contributed by atoms with E-state index in [0.717, 1.165) is 0 Å². The van der Waals surface area contributed by atoms with Gasteiger partial charge in [0.25, 0.3) is 0 Å². The maximum atomic E-state index is 5.17. The van der Waals surface area contributed by atoms with Crippen LogP contribution in [-0.4, -0.2) is 0 Å². The lowest BCUT2D eigenvalue weighted by molar-refractivity contribution is 0.399. The van der Waals surface area contributed by atoms with Gasteiger partial charge in [0.1, 0.15) is 6.26 Å². The number of rotatable bonds is 2. The minimum Gasteiger partial charge on any atom is -0.471 e. The Balaban J connectivity index is 3.25. The van der Waals surface area contributed by atoms with Crippen LogP contribution in [0.15, 0.2) is 24.8 Å². The fourth-order valence-electron chi connectivity index (χ4n) is 0.155. The van der Waals surface area contributed by atoms with Gasteiger partial charge in [0.05, 0.1) is 6.26 Å². The van der Waals surface area contributed by atoms with Crippen molar-refractivity contribution in [1.29, 1.82) is 0 Å². The van der Waals surface area contributed by atoms with Crippen LogP contribution in [0.5, 0.6) is 0 Å². The van der Waals surface area contributed by atoms with E-state index < -0.39 is 0 Å². The van der Waals surface area contributed by atoms with Crippen LogP contribution in [0.3, 0.4) is 0 Å². The van der Waals surface area contributed by atoms with Crippen LogP contribution < -0.4 is 5.73 Å². The molecule has 0 fully saturated rings. The fraction of sp³-hybridized carbons (Fsp3) is 0.200. The highest BCUT2D eigenvalue weighted by atomic mass is 16.5. The van der Waals surface area contributed by atoms with Gasteiger partial charge in [-0.1, -0.05) is 6.58 Å². The number of hydrogen-bond donors (Lipinski definition) is 1. The summed E-state index contributed by atoms with van der Waals surface area (Å²) in [6.07, 6.45) is 2.74. The zero-order valence-electron chi connectivity index (χ0n) is 4.35. The Morgan fingerprint density at radius 2 is 2.43 bits per heavy atom. The van der Waals surface area contributed by atoms with Crippen molar-refractivity contribution < 1.29 is 4.74 Å². The smallest absolute Gasteiger partial charge is 0.108 e. The first-order valence-electron chi connectivity index (χ1n) is 1.96. The van der Waals surface area contributed by atoms with Crippen molar-refractivity contribution in [3.05, 3.63) is 24.8 Å². The minimum atomic E-state index is 0.639. The monoisotopic (exact) mass is 99.1 g/mol. The molecule has 7 heavy (non-hydrogen) atoms. The predicted molar refractivity (Wildman–Crippen MR) is 29.2 cm³/mol. The van der Waals surface area contributed by atoms with Gasteiger partial charge in [-0.05, 0) is 6.92 Å². The van der Waals surface area contributed by atoms with Crippen LogP contribution >= 0.6 is 0 Å². The predicted octanol–water partition coefficient (Wildman–Crippen LogP) is 0.966. The molecule has 2 nitrogen and oxygen atoms in total. The standard InChI is InChI=1S/C5H9NO/c1-3-7-4-5(2)6/h3-4H,1,6H2,2H3/b5-4-. The van der Waals surface area contributed by atoms with Gasteiger partial charge < -0.3 is 10.5 Å². The van der Waals surface area contributed by atoms with E-state index >= 15 is 0 Å². The molecule has 0 saturated carbocycles. The van der Waals surface area contributed by atoms with Gasteiger partial charge >= 0.3 is 0 Å². The summed E-state index contributed by atoms with van der Waals surface area (Å²) >= 11 is 0. The zero-order valence-corrected chi connectivity index (χ0v) is 4.35. The summed E-state index contributed by atoms with van der Waals surface area (Å²) in [7, 11) is 0. The molecule has 0 aliphatic heterocycles. The zero-order chi connectivity index (χ0) is 5.70. The average Bonchev–Trinajstić information content (AvgIpc) is 1.61. The van der Waals surface area contributed by atoms with Crippen molar-refractivity contribution in [3.8, 4) is 0 Å². The summed E-state index contributed by atoms with van der Waals surface area (Å²) in [5.74, 6) is 0. The molecule has 0 unspecified atom stereocenters. The molecule has 0 saturated heterocycles. The van der Waals surface area contributed by atoms with E-state index in [9.17, 15) is 0 Å². The van der Waals surface area contributed by atoms with Gasteiger partial charge in [-0.15, -0.1) is 0 Å². The Bertz CT molecular complexity index is 82.1. The van der Waals surface area contributed by atoms with Gasteiger partial charge in [0.15, 0.2) is 0 Å². The summed E-state index contributed by atoms with van der Waals surface area (Å²) in [5.41, 5.74) is 5.81. The van der Waals surface area contributed by atoms with Gasteiger partial charge in [-0.25, -0.2) is 0 Å². The molecule has 0 spiro atoms. The van der Waals surface area contributed by atoms with Crippen LogP contribution in [0.2, 0.25) is 0 Å². The highest BCUT2D eigenvalue weighted by molar-refractivity contribution is 4.85. The molecule has 2 heteroatoms. The second-order valence-electron chi connectivity index (χ2n) is 1.16. The molecule has 0 aromatic rings. The molecule has 0 heterocycles. The van der Waals surface area contributed by atoms with E-state index in [2.05, 4.69) is 11.3 Å². The van der Waals surface area contributed by atoms with Crippen molar-refractivity contribution in [1.82, 2.24) is 0 Å². The van der Waals surface area contributed by atoms with E-state index in [1.807, 2.05) is 0 Å². The van der Waals surface area contributed by atoms with Crippen LogP contribution in [0.25, 0.3) is 0 Å². The molecule has 2 N–H and O–H groups in total. The van der Waals surface area contributed by atoms with E-state index in [1.165, 1.54) is 12.5 Å². The maximum absolute atomic E-state index is 5.17. The lowest BCUT2D eigenvalue weighted by Crippen LogP contribution is -1.89. The Kier molecular flexibility index (Phi) is 2.85. The quantitative estimate of drug-likeness (QED) is 0.523. The first kappa shape index (κ1) is 6.08. The molecule has 0 aliphatic rings. The minimum absolute atomic E-state index is 0.639. The van der Waals surface area contributed by atoms with Gasteiger partial charge in [-0.2, -0.15) is 0 Å². The summed E-state index contributed by atoms with van der Waals surface area (Å²) in [5, 5.41) is 0. The maximum Gasteiger partial charge on any atom is 0.108 e. The summed E-state index contributed by atoms with van der Waals surface area (Å²) < 4.78 is 4.57. The molecule has 0 aliphatic carbocycles. The number of allylic oxidation sites excluding steroid dienone is 1. The molecule has 0 amide bonds. The molecule has 0 aromatic carbocycles. The largest absolute Gasteiger partial charge is 0.471 e. The summed E-state index contributed by atoms with van der Waals surface area (Å²) in [4.78, 5) is 0. The van der Waals surface area contributed by atoms with Crippen molar-refractivity contribution in [2.45, 2.75) is 6.92 Å². The molecular weight excluding hydrogens is 90.1 g/mol. The number of nitrogens with two attached hydrogens (primary N) is 1. The average molecular weight is 99.1 g/mol. The molecule has 40 valence electrons. The summed E-state index contributed by atoms with van der Waals surface area (Å²) in [6, 6.07) is 0. The van der Waals surface area contributed by atoms with Crippen LogP contribution in [0.1, 0.15) is 6.92 Å². The van der Waals surface area contributed by atoms with E-state index in [0.29, 0.717) is 5.70 Å². The third-order valence-corrected chi connectivity index (χ3v) is 0.350. The number of ether oxygens (including phenoxy) is 1. The van der Waals surface area contributed by atoms with Crippen LogP contribution in [0.4, 0.5) is 0 Å². The lowest BCUT2D eigenvalue weighted by Gasteiger charge is -1.87. The molecule has 0 atom stereocenters. The third kappa shape index (κ3) is 5.08. The normalized spacial score (nSPS) is 10.7. The van der Waals surface area contributed by atoms with Gasteiger partial charge in [-0.3, -0.25) is 0 Å².